The number of piperidine rings is 1. The largest absolute Gasteiger partial charge is 0.329 e. The van der Waals surface area contributed by atoms with Crippen molar-refractivity contribution >= 4 is 5.91 Å². The predicted molar refractivity (Wildman–Crippen MR) is 86.0 cm³/mol. The van der Waals surface area contributed by atoms with Gasteiger partial charge >= 0.3 is 0 Å². The molecule has 4 rings (SSSR count). The van der Waals surface area contributed by atoms with Crippen LogP contribution in [-0.2, 0) is 13.1 Å². The van der Waals surface area contributed by atoms with Crippen LogP contribution < -0.4 is 5.32 Å². The molecule has 6 nitrogen and oxygen atoms in total. The number of amides is 1. The van der Waals surface area contributed by atoms with E-state index in [-0.39, 0.29) is 5.91 Å². The standard InChI is InChI=1S/C17H21N5O/c23-17(13-5-2-1-3-6-13)21-9-10-22-15(12-21)19-20-16(22)14-7-4-8-18-11-14/h1-3,5-6,14,18H,4,7-12H2. The van der Waals surface area contributed by atoms with Crippen molar-refractivity contribution in [1.82, 2.24) is 25.0 Å². The maximum atomic E-state index is 12.6. The van der Waals surface area contributed by atoms with Gasteiger partial charge in [0.1, 0.15) is 5.82 Å². The van der Waals surface area contributed by atoms with Gasteiger partial charge < -0.3 is 14.8 Å². The van der Waals surface area contributed by atoms with Crippen molar-refractivity contribution < 1.29 is 4.79 Å². The number of carbonyl (C=O) groups excluding carboxylic acids is 1. The molecule has 1 unspecified atom stereocenters. The zero-order valence-electron chi connectivity index (χ0n) is 13.1. The van der Waals surface area contributed by atoms with E-state index < -0.39 is 0 Å². The van der Waals surface area contributed by atoms with Crippen molar-refractivity contribution in [3.63, 3.8) is 0 Å². The highest BCUT2D eigenvalue weighted by Gasteiger charge is 2.28. The molecule has 0 spiro atoms. The first-order valence-electron chi connectivity index (χ1n) is 8.30. The van der Waals surface area contributed by atoms with Crippen LogP contribution >= 0.6 is 0 Å². The first kappa shape index (κ1) is 14.4. The maximum absolute atomic E-state index is 12.6. The van der Waals surface area contributed by atoms with E-state index in [4.69, 9.17) is 0 Å². The number of carbonyl (C=O) groups is 1. The number of aromatic nitrogens is 3. The van der Waals surface area contributed by atoms with Crippen LogP contribution in [0.1, 0.15) is 40.8 Å². The molecule has 1 saturated heterocycles. The third kappa shape index (κ3) is 2.74. The van der Waals surface area contributed by atoms with Gasteiger partial charge in [0.15, 0.2) is 5.82 Å². The summed E-state index contributed by atoms with van der Waals surface area (Å²) in [5.41, 5.74) is 0.733. The fourth-order valence-corrected chi connectivity index (χ4v) is 3.49. The van der Waals surface area contributed by atoms with Gasteiger partial charge in [-0.05, 0) is 31.5 Å². The molecular weight excluding hydrogens is 290 g/mol. The molecular formula is C17H21N5O. The maximum Gasteiger partial charge on any atom is 0.254 e. The van der Waals surface area contributed by atoms with Gasteiger partial charge in [0, 0.05) is 31.1 Å². The molecule has 2 aliphatic heterocycles. The lowest BCUT2D eigenvalue weighted by atomic mass is 9.99. The molecule has 2 aromatic rings. The minimum absolute atomic E-state index is 0.0701. The van der Waals surface area contributed by atoms with Crippen LogP contribution in [0.4, 0.5) is 0 Å². The third-order valence-corrected chi connectivity index (χ3v) is 4.75. The van der Waals surface area contributed by atoms with Gasteiger partial charge in [-0.3, -0.25) is 4.79 Å². The Kier molecular flexibility index (Phi) is 3.83. The molecule has 0 saturated carbocycles. The average molecular weight is 311 g/mol. The van der Waals surface area contributed by atoms with Gasteiger partial charge in [-0.25, -0.2) is 0 Å². The number of hydrogen-bond donors (Lipinski definition) is 1. The Hall–Kier alpha value is -2.21. The summed E-state index contributed by atoms with van der Waals surface area (Å²) in [5, 5.41) is 12.2. The summed E-state index contributed by atoms with van der Waals surface area (Å²) < 4.78 is 2.21. The highest BCUT2D eigenvalue weighted by atomic mass is 16.2. The zero-order chi connectivity index (χ0) is 15.6. The molecule has 2 aliphatic rings. The van der Waals surface area contributed by atoms with Crippen molar-refractivity contribution in [2.24, 2.45) is 0 Å². The van der Waals surface area contributed by atoms with Crippen LogP contribution in [-0.4, -0.2) is 45.2 Å². The normalized spacial score (nSPS) is 21.0. The number of benzene rings is 1. The molecule has 120 valence electrons. The van der Waals surface area contributed by atoms with Gasteiger partial charge in [0.2, 0.25) is 0 Å². The Labute approximate surface area is 135 Å². The quantitative estimate of drug-likeness (QED) is 0.910. The molecule has 1 amide bonds. The number of fused-ring (bicyclic) bond motifs is 1. The van der Waals surface area contributed by atoms with Crippen LogP contribution in [0.2, 0.25) is 0 Å². The highest BCUT2D eigenvalue weighted by molar-refractivity contribution is 5.94. The predicted octanol–water partition coefficient (Wildman–Crippen LogP) is 1.40. The number of rotatable bonds is 2. The molecule has 0 bridgehead atoms. The van der Waals surface area contributed by atoms with Crippen LogP contribution in [0.3, 0.4) is 0 Å². The summed E-state index contributed by atoms with van der Waals surface area (Å²) in [6, 6.07) is 9.44. The fraction of sp³-hybridized carbons (Fsp3) is 0.471. The molecule has 6 heteroatoms. The second-order valence-electron chi connectivity index (χ2n) is 6.26. The third-order valence-electron chi connectivity index (χ3n) is 4.75. The van der Waals surface area contributed by atoms with Crippen molar-refractivity contribution in [2.75, 3.05) is 19.6 Å². The summed E-state index contributed by atoms with van der Waals surface area (Å²) >= 11 is 0. The first-order valence-corrected chi connectivity index (χ1v) is 8.30. The Morgan fingerprint density at radius 1 is 1.17 bits per heavy atom. The van der Waals surface area contributed by atoms with E-state index in [1.165, 1.54) is 6.42 Å². The Morgan fingerprint density at radius 2 is 2.04 bits per heavy atom. The Morgan fingerprint density at radius 3 is 2.83 bits per heavy atom. The zero-order valence-corrected chi connectivity index (χ0v) is 13.1. The molecule has 23 heavy (non-hydrogen) atoms. The lowest BCUT2D eigenvalue weighted by Gasteiger charge is -2.29. The van der Waals surface area contributed by atoms with Crippen molar-refractivity contribution in [3.05, 3.63) is 47.5 Å². The molecule has 3 heterocycles. The van der Waals surface area contributed by atoms with Crippen LogP contribution in [0.5, 0.6) is 0 Å². The molecule has 1 fully saturated rings. The number of hydrogen-bond acceptors (Lipinski definition) is 4. The van der Waals surface area contributed by atoms with Crippen molar-refractivity contribution in [3.8, 4) is 0 Å². The first-order chi connectivity index (χ1) is 11.3. The number of nitrogens with one attached hydrogen (secondary N) is 1. The van der Waals surface area contributed by atoms with Gasteiger partial charge in [-0.2, -0.15) is 0 Å². The summed E-state index contributed by atoms with van der Waals surface area (Å²) in [7, 11) is 0. The van der Waals surface area contributed by atoms with Gasteiger partial charge in [0.05, 0.1) is 6.54 Å². The number of nitrogens with zero attached hydrogens (tertiary/aromatic N) is 4. The molecule has 1 aromatic carbocycles. The van der Waals surface area contributed by atoms with E-state index in [2.05, 4.69) is 20.1 Å². The van der Waals surface area contributed by atoms with Crippen molar-refractivity contribution in [1.29, 1.82) is 0 Å². The van der Waals surface area contributed by atoms with E-state index in [0.717, 1.165) is 43.3 Å². The highest BCUT2D eigenvalue weighted by Crippen LogP contribution is 2.24. The molecule has 1 aromatic heterocycles. The average Bonchev–Trinajstić information content (AvgIpc) is 3.06. The minimum Gasteiger partial charge on any atom is -0.329 e. The fourth-order valence-electron chi connectivity index (χ4n) is 3.49. The SMILES string of the molecule is O=C(c1ccccc1)N1CCn2c(nnc2C2CCCNC2)C1. The molecule has 0 radical (unpaired) electrons. The second-order valence-corrected chi connectivity index (χ2v) is 6.26. The van der Waals surface area contributed by atoms with E-state index in [1.54, 1.807) is 0 Å². The van der Waals surface area contributed by atoms with Crippen molar-refractivity contribution in [2.45, 2.75) is 31.8 Å². The Bertz CT molecular complexity index is 690. The Balaban J connectivity index is 1.52. The summed E-state index contributed by atoms with van der Waals surface area (Å²) in [5.74, 6) is 2.50. The van der Waals surface area contributed by atoms with E-state index in [9.17, 15) is 4.79 Å². The minimum atomic E-state index is 0.0701. The summed E-state index contributed by atoms with van der Waals surface area (Å²) in [4.78, 5) is 14.4. The molecule has 1 N–H and O–H groups in total. The van der Waals surface area contributed by atoms with Crippen LogP contribution in [0.25, 0.3) is 0 Å². The summed E-state index contributed by atoms with van der Waals surface area (Å²) in [6.45, 7) is 4.11. The monoisotopic (exact) mass is 311 g/mol. The topological polar surface area (TPSA) is 63.1 Å². The van der Waals surface area contributed by atoms with Crippen LogP contribution in [0.15, 0.2) is 30.3 Å². The van der Waals surface area contributed by atoms with E-state index in [1.807, 2.05) is 35.2 Å². The van der Waals surface area contributed by atoms with E-state index >= 15 is 0 Å². The molecule has 0 aliphatic carbocycles. The lowest BCUT2D eigenvalue weighted by Crippen LogP contribution is -2.39. The van der Waals surface area contributed by atoms with Gasteiger partial charge in [0.25, 0.3) is 5.91 Å². The van der Waals surface area contributed by atoms with Gasteiger partial charge in [-0.1, -0.05) is 18.2 Å². The van der Waals surface area contributed by atoms with E-state index in [0.29, 0.717) is 19.0 Å². The lowest BCUT2D eigenvalue weighted by molar-refractivity contribution is 0.0706. The molecule has 1 atom stereocenters. The van der Waals surface area contributed by atoms with Gasteiger partial charge in [-0.15, -0.1) is 10.2 Å². The smallest absolute Gasteiger partial charge is 0.254 e. The summed E-state index contributed by atoms with van der Waals surface area (Å²) in [6.07, 6.45) is 2.35. The second kappa shape index (κ2) is 6.12. The van der Waals surface area contributed by atoms with Crippen LogP contribution in [0, 0.1) is 0 Å².